The smallest absolute Gasteiger partial charge is 0.338 e. The molecule has 0 aliphatic carbocycles. The Morgan fingerprint density at radius 2 is 1.65 bits per heavy atom. The van der Waals surface area contributed by atoms with Crippen molar-refractivity contribution < 1.29 is 23.1 Å². The van der Waals surface area contributed by atoms with Crippen molar-refractivity contribution in [2.75, 3.05) is 13.2 Å². The average molecular weight is 371 g/mol. The monoisotopic (exact) mass is 371 g/mol. The summed E-state index contributed by atoms with van der Waals surface area (Å²) in [6.45, 7) is -0.154. The second kappa shape index (κ2) is 7.55. The van der Waals surface area contributed by atoms with Crippen LogP contribution in [0.2, 0.25) is 0 Å². The molecule has 0 bridgehead atoms. The molecule has 26 heavy (non-hydrogen) atoms. The minimum Gasteiger partial charge on any atom is -0.508 e. The van der Waals surface area contributed by atoms with Gasteiger partial charge in [-0.25, -0.2) is 17.9 Å². The average Bonchev–Trinajstić information content (AvgIpc) is 2.65. The van der Waals surface area contributed by atoms with E-state index in [0.717, 1.165) is 5.39 Å². The molecule has 0 unspecified atom stereocenters. The summed E-state index contributed by atoms with van der Waals surface area (Å²) in [5, 5.41) is 10.7. The molecule has 0 fully saturated rings. The molecular weight excluding hydrogens is 354 g/mol. The Bertz CT molecular complexity index is 1020. The molecule has 3 aromatic rings. The third-order valence-corrected chi connectivity index (χ3v) is 5.29. The van der Waals surface area contributed by atoms with Gasteiger partial charge in [-0.3, -0.25) is 0 Å². The van der Waals surface area contributed by atoms with Gasteiger partial charge in [0.25, 0.3) is 0 Å². The number of carbonyl (C=O) groups is 1. The molecule has 0 spiro atoms. The van der Waals surface area contributed by atoms with Gasteiger partial charge in [-0.1, -0.05) is 36.4 Å². The highest BCUT2D eigenvalue weighted by atomic mass is 32.2. The number of sulfonamides is 1. The Hall–Kier alpha value is -2.90. The van der Waals surface area contributed by atoms with E-state index >= 15 is 0 Å². The van der Waals surface area contributed by atoms with Gasteiger partial charge in [0.15, 0.2) is 0 Å². The molecule has 0 aliphatic heterocycles. The maximum atomic E-state index is 12.5. The first-order chi connectivity index (χ1) is 12.5. The van der Waals surface area contributed by atoms with E-state index in [2.05, 4.69) is 4.72 Å². The van der Waals surface area contributed by atoms with Crippen molar-refractivity contribution in [1.29, 1.82) is 0 Å². The molecule has 6 nitrogen and oxygen atoms in total. The van der Waals surface area contributed by atoms with E-state index in [1.54, 1.807) is 18.2 Å². The Labute approximate surface area is 151 Å². The lowest BCUT2D eigenvalue weighted by atomic mass is 10.1. The lowest BCUT2D eigenvalue weighted by Gasteiger charge is -2.10. The maximum absolute atomic E-state index is 12.5. The highest BCUT2D eigenvalue weighted by molar-refractivity contribution is 7.89. The first kappa shape index (κ1) is 17.9. The predicted molar refractivity (Wildman–Crippen MR) is 97.5 cm³/mol. The second-order valence-corrected chi connectivity index (χ2v) is 7.29. The van der Waals surface area contributed by atoms with E-state index < -0.39 is 16.0 Å². The number of benzene rings is 3. The van der Waals surface area contributed by atoms with Gasteiger partial charge in [0, 0.05) is 11.9 Å². The number of rotatable bonds is 6. The van der Waals surface area contributed by atoms with E-state index in [4.69, 9.17) is 4.74 Å². The molecule has 0 saturated heterocycles. The van der Waals surface area contributed by atoms with Crippen LogP contribution in [0, 0.1) is 0 Å². The Balaban J connectivity index is 1.62. The number of hydrogen-bond donors (Lipinski definition) is 2. The van der Waals surface area contributed by atoms with Crippen molar-refractivity contribution in [3.63, 3.8) is 0 Å². The zero-order valence-corrected chi connectivity index (χ0v) is 14.6. The number of phenols is 1. The fraction of sp³-hybridized carbons (Fsp3) is 0.105. The van der Waals surface area contributed by atoms with Gasteiger partial charge in [-0.15, -0.1) is 0 Å². The van der Waals surface area contributed by atoms with Crippen molar-refractivity contribution >= 4 is 26.8 Å². The molecule has 3 aromatic carbocycles. The number of fused-ring (bicyclic) bond motifs is 1. The van der Waals surface area contributed by atoms with Gasteiger partial charge in [0.05, 0.1) is 10.5 Å². The zero-order chi connectivity index (χ0) is 18.6. The van der Waals surface area contributed by atoms with Crippen LogP contribution in [0.25, 0.3) is 10.8 Å². The number of aromatic hydroxyl groups is 1. The van der Waals surface area contributed by atoms with Crippen molar-refractivity contribution in [3.8, 4) is 5.75 Å². The standard InChI is InChI=1S/C19H17NO5S/c21-16-10-8-15(9-11-16)19(22)25-13-12-20-26(23,24)18-7-3-5-14-4-1-2-6-17(14)18/h1-11,20-21H,12-13H2. The van der Waals surface area contributed by atoms with E-state index in [1.807, 2.05) is 18.2 Å². The van der Waals surface area contributed by atoms with Gasteiger partial charge in [0.2, 0.25) is 10.0 Å². The first-order valence-corrected chi connectivity index (χ1v) is 9.39. The van der Waals surface area contributed by atoms with Crippen LogP contribution < -0.4 is 4.72 Å². The van der Waals surface area contributed by atoms with E-state index in [1.165, 1.54) is 30.3 Å². The van der Waals surface area contributed by atoms with Crippen molar-refractivity contribution in [1.82, 2.24) is 4.72 Å². The minimum atomic E-state index is -3.73. The summed E-state index contributed by atoms with van der Waals surface area (Å²) >= 11 is 0. The molecule has 0 aliphatic rings. The summed E-state index contributed by atoms with van der Waals surface area (Å²) in [5.41, 5.74) is 0.278. The fourth-order valence-corrected chi connectivity index (χ4v) is 3.75. The van der Waals surface area contributed by atoms with Gasteiger partial charge in [-0.05, 0) is 35.7 Å². The second-order valence-electron chi connectivity index (χ2n) is 5.56. The molecule has 134 valence electrons. The van der Waals surface area contributed by atoms with Crippen LogP contribution in [0.1, 0.15) is 10.4 Å². The molecule has 0 atom stereocenters. The van der Waals surface area contributed by atoms with Crippen molar-refractivity contribution in [2.45, 2.75) is 4.90 Å². The van der Waals surface area contributed by atoms with Crippen LogP contribution in [0.4, 0.5) is 0 Å². The summed E-state index contributed by atoms with van der Waals surface area (Å²) in [6, 6.07) is 17.9. The molecular formula is C19H17NO5S. The van der Waals surface area contributed by atoms with Gasteiger partial charge >= 0.3 is 5.97 Å². The molecule has 0 saturated carbocycles. The molecule has 7 heteroatoms. The van der Waals surface area contributed by atoms with Crippen LogP contribution in [0.5, 0.6) is 5.75 Å². The Morgan fingerprint density at radius 1 is 0.962 bits per heavy atom. The molecule has 0 aromatic heterocycles. The normalized spacial score (nSPS) is 11.4. The SMILES string of the molecule is O=C(OCCNS(=O)(=O)c1cccc2ccccc12)c1ccc(O)cc1. The van der Waals surface area contributed by atoms with E-state index in [9.17, 15) is 18.3 Å². The fourth-order valence-electron chi connectivity index (χ4n) is 2.51. The maximum Gasteiger partial charge on any atom is 0.338 e. The molecule has 0 heterocycles. The number of phenolic OH excluding ortho intramolecular Hbond substituents is 1. The molecule has 0 radical (unpaired) electrons. The van der Waals surface area contributed by atoms with Crippen LogP contribution in [-0.2, 0) is 14.8 Å². The largest absolute Gasteiger partial charge is 0.508 e. The Kier molecular flexibility index (Phi) is 5.20. The molecule has 3 rings (SSSR count). The van der Waals surface area contributed by atoms with Gasteiger partial charge in [-0.2, -0.15) is 0 Å². The topological polar surface area (TPSA) is 92.7 Å². The minimum absolute atomic E-state index is 0.0457. The van der Waals surface area contributed by atoms with Crippen molar-refractivity contribution in [3.05, 3.63) is 72.3 Å². The zero-order valence-electron chi connectivity index (χ0n) is 13.8. The summed E-state index contributed by atoms with van der Waals surface area (Å²) < 4.78 is 32.5. The number of nitrogens with one attached hydrogen (secondary N) is 1. The molecule has 2 N–H and O–H groups in total. The summed E-state index contributed by atoms with van der Waals surface area (Å²) in [7, 11) is -3.73. The van der Waals surface area contributed by atoms with Crippen LogP contribution in [0.3, 0.4) is 0 Å². The summed E-state index contributed by atoms with van der Waals surface area (Å²) in [4.78, 5) is 12.0. The van der Waals surface area contributed by atoms with Gasteiger partial charge in [0.1, 0.15) is 12.4 Å². The predicted octanol–water partition coefficient (Wildman–Crippen LogP) is 2.68. The lowest BCUT2D eigenvalue weighted by Crippen LogP contribution is -2.28. The van der Waals surface area contributed by atoms with Crippen LogP contribution in [0.15, 0.2) is 71.6 Å². The highest BCUT2D eigenvalue weighted by Crippen LogP contribution is 2.22. The van der Waals surface area contributed by atoms with Crippen LogP contribution >= 0.6 is 0 Å². The number of carbonyl (C=O) groups excluding carboxylic acids is 1. The quantitative estimate of drug-likeness (QED) is 0.513. The van der Waals surface area contributed by atoms with Crippen LogP contribution in [-0.4, -0.2) is 32.6 Å². The highest BCUT2D eigenvalue weighted by Gasteiger charge is 2.17. The van der Waals surface area contributed by atoms with Gasteiger partial charge < -0.3 is 9.84 Å². The first-order valence-electron chi connectivity index (χ1n) is 7.91. The third kappa shape index (κ3) is 4.01. The summed E-state index contributed by atoms with van der Waals surface area (Å²) in [5.74, 6) is -0.543. The third-order valence-electron chi connectivity index (χ3n) is 3.77. The van der Waals surface area contributed by atoms with E-state index in [0.29, 0.717) is 5.39 Å². The number of ether oxygens (including phenoxy) is 1. The number of esters is 1. The molecule has 0 amide bonds. The lowest BCUT2D eigenvalue weighted by molar-refractivity contribution is 0.0513. The summed E-state index contributed by atoms with van der Waals surface area (Å²) in [6.07, 6.45) is 0. The Morgan fingerprint density at radius 3 is 2.42 bits per heavy atom. The van der Waals surface area contributed by atoms with E-state index in [-0.39, 0.29) is 29.4 Å². The number of hydrogen-bond acceptors (Lipinski definition) is 5. The van der Waals surface area contributed by atoms with Crippen molar-refractivity contribution in [2.24, 2.45) is 0 Å².